The zero-order valence-corrected chi connectivity index (χ0v) is 11.0. The van der Waals surface area contributed by atoms with E-state index in [1.54, 1.807) is 12.1 Å². The molecule has 21 heavy (non-hydrogen) atoms. The maximum Gasteiger partial charge on any atom is 0.405 e. The number of nitrogens with two attached hydrogens (primary N) is 1. The van der Waals surface area contributed by atoms with E-state index in [1.165, 1.54) is 19.1 Å². The highest BCUT2D eigenvalue weighted by Crippen LogP contribution is 2.26. The average Bonchev–Trinajstić information content (AvgIpc) is 2.42. The second-order valence-corrected chi connectivity index (χ2v) is 4.27. The van der Waals surface area contributed by atoms with Crippen molar-refractivity contribution in [1.29, 1.82) is 10.5 Å². The van der Waals surface area contributed by atoms with Gasteiger partial charge in [0, 0.05) is 5.69 Å². The van der Waals surface area contributed by atoms with Gasteiger partial charge in [0.05, 0.1) is 11.1 Å². The smallest absolute Gasteiger partial charge is 0.368 e. The number of alkyl halides is 3. The van der Waals surface area contributed by atoms with Crippen molar-refractivity contribution in [2.45, 2.75) is 19.1 Å². The van der Waals surface area contributed by atoms with E-state index in [4.69, 9.17) is 16.3 Å². The Bertz CT molecular complexity index is 628. The van der Waals surface area contributed by atoms with Crippen LogP contribution in [0.4, 0.5) is 18.9 Å². The number of benzene rings is 1. The Kier molecular flexibility index (Phi) is 4.77. The minimum atomic E-state index is -4.55. The van der Waals surface area contributed by atoms with Crippen molar-refractivity contribution in [3.63, 3.8) is 0 Å². The van der Waals surface area contributed by atoms with Gasteiger partial charge >= 0.3 is 6.18 Å². The molecule has 0 aliphatic rings. The van der Waals surface area contributed by atoms with Gasteiger partial charge in [0.1, 0.15) is 24.7 Å². The number of rotatable bonds is 4. The summed E-state index contributed by atoms with van der Waals surface area (Å²) in [6, 6.07) is 5.86. The van der Waals surface area contributed by atoms with Crippen molar-refractivity contribution >= 4 is 11.6 Å². The quantitative estimate of drug-likeness (QED) is 0.914. The Hall–Kier alpha value is -2.74. The van der Waals surface area contributed by atoms with Crippen molar-refractivity contribution in [3.05, 3.63) is 29.3 Å². The lowest BCUT2D eigenvalue weighted by molar-refractivity contribution is -0.125. The third-order valence-electron chi connectivity index (χ3n) is 2.80. The lowest BCUT2D eigenvalue weighted by Gasteiger charge is -2.30. The summed E-state index contributed by atoms with van der Waals surface area (Å²) in [6.45, 7) is -0.161. The van der Waals surface area contributed by atoms with Gasteiger partial charge < -0.3 is 10.6 Å². The summed E-state index contributed by atoms with van der Waals surface area (Å²) in [7, 11) is 0. The van der Waals surface area contributed by atoms with Gasteiger partial charge in [0.25, 0.3) is 0 Å². The first-order chi connectivity index (χ1) is 9.69. The van der Waals surface area contributed by atoms with Crippen molar-refractivity contribution in [2.75, 3.05) is 11.4 Å². The maximum atomic E-state index is 12.6. The molecule has 0 heterocycles. The van der Waals surface area contributed by atoms with Crippen LogP contribution in [0.3, 0.4) is 0 Å². The van der Waals surface area contributed by atoms with E-state index in [-0.39, 0.29) is 16.8 Å². The molecule has 0 fully saturated rings. The molecule has 1 aromatic rings. The number of anilines is 1. The molecule has 110 valence electrons. The summed E-state index contributed by atoms with van der Waals surface area (Å²) in [4.78, 5) is 11.9. The molecule has 0 saturated heterocycles. The van der Waals surface area contributed by atoms with Gasteiger partial charge in [-0.2, -0.15) is 23.7 Å². The van der Waals surface area contributed by atoms with E-state index >= 15 is 0 Å². The van der Waals surface area contributed by atoms with Gasteiger partial charge in [0.15, 0.2) is 0 Å². The SMILES string of the molecule is C[C@@H](C(N)=O)N(CC(F)(F)F)c1ccc(C#N)c(C#N)c1. The van der Waals surface area contributed by atoms with E-state index in [0.29, 0.717) is 0 Å². The molecule has 8 heteroatoms. The van der Waals surface area contributed by atoms with Gasteiger partial charge in [-0.25, -0.2) is 0 Å². The number of primary amides is 1. The lowest BCUT2D eigenvalue weighted by Crippen LogP contribution is -2.47. The van der Waals surface area contributed by atoms with Gasteiger partial charge in [-0.1, -0.05) is 0 Å². The number of amides is 1. The molecule has 0 unspecified atom stereocenters. The van der Waals surface area contributed by atoms with Crippen LogP contribution in [0.25, 0.3) is 0 Å². The number of carbonyl (C=O) groups excluding carboxylic acids is 1. The summed E-state index contributed by atoms with van der Waals surface area (Å²) in [5.41, 5.74) is 5.02. The predicted octanol–water partition coefficient (Wildman–Crippen LogP) is 1.67. The van der Waals surface area contributed by atoms with Crippen LogP contribution in [0, 0.1) is 22.7 Å². The third-order valence-corrected chi connectivity index (χ3v) is 2.80. The summed E-state index contributed by atoms with van der Waals surface area (Å²) in [6.07, 6.45) is -4.55. The van der Waals surface area contributed by atoms with E-state index in [9.17, 15) is 18.0 Å². The minimum Gasteiger partial charge on any atom is -0.368 e. The number of halogens is 3. The monoisotopic (exact) mass is 296 g/mol. The fraction of sp³-hybridized carbons (Fsp3) is 0.308. The molecular formula is C13H11F3N4O. The molecule has 0 saturated carbocycles. The Labute approximate surface area is 119 Å². The minimum absolute atomic E-state index is 0.00539. The van der Waals surface area contributed by atoms with Crippen molar-refractivity contribution < 1.29 is 18.0 Å². The summed E-state index contributed by atoms with van der Waals surface area (Å²) < 4.78 is 37.9. The molecule has 2 N–H and O–H groups in total. The molecule has 0 aliphatic carbocycles. The lowest BCUT2D eigenvalue weighted by atomic mass is 10.1. The van der Waals surface area contributed by atoms with Crippen molar-refractivity contribution in [2.24, 2.45) is 5.73 Å². The molecule has 1 atom stereocenters. The number of nitriles is 2. The standard InChI is InChI=1S/C13H11F3N4O/c1-8(12(19)21)20(7-13(14,15)16)11-3-2-9(5-17)10(4-11)6-18/h2-4,8H,7H2,1H3,(H2,19,21)/t8-/m0/s1. The number of hydrogen-bond acceptors (Lipinski definition) is 4. The number of nitrogens with zero attached hydrogens (tertiary/aromatic N) is 3. The molecule has 5 nitrogen and oxygen atoms in total. The second-order valence-electron chi connectivity index (χ2n) is 4.27. The van der Waals surface area contributed by atoms with Crippen LogP contribution in [-0.4, -0.2) is 24.7 Å². The third kappa shape index (κ3) is 4.11. The molecule has 1 amide bonds. The first kappa shape index (κ1) is 16.3. The fourth-order valence-corrected chi connectivity index (χ4v) is 1.70. The Morgan fingerprint density at radius 3 is 2.33 bits per heavy atom. The second kappa shape index (κ2) is 6.14. The van der Waals surface area contributed by atoms with Gasteiger partial charge in [-0.05, 0) is 25.1 Å². The Balaban J connectivity index is 3.30. The van der Waals surface area contributed by atoms with Gasteiger partial charge in [-0.3, -0.25) is 4.79 Å². The highest BCUT2D eigenvalue weighted by Gasteiger charge is 2.34. The highest BCUT2D eigenvalue weighted by atomic mass is 19.4. The largest absolute Gasteiger partial charge is 0.405 e. The van der Waals surface area contributed by atoms with Crippen LogP contribution in [0.2, 0.25) is 0 Å². The molecule has 1 rings (SSSR count). The van der Waals surface area contributed by atoms with Crippen molar-refractivity contribution in [1.82, 2.24) is 0 Å². The van der Waals surface area contributed by atoms with Gasteiger partial charge in [0.2, 0.25) is 5.91 Å². The first-order valence-corrected chi connectivity index (χ1v) is 5.76. The van der Waals surface area contributed by atoms with E-state index < -0.39 is 24.7 Å². The van der Waals surface area contributed by atoms with E-state index in [0.717, 1.165) is 11.0 Å². The summed E-state index contributed by atoms with van der Waals surface area (Å²) >= 11 is 0. The van der Waals surface area contributed by atoms with E-state index in [1.807, 2.05) is 0 Å². The predicted molar refractivity (Wildman–Crippen MR) is 67.9 cm³/mol. The van der Waals surface area contributed by atoms with E-state index in [2.05, 4.69) is 0 Å². The van der Waals surface area contributed by atoms with Crippen LogP contribution in [0.5, 0.6) is 0 Å². The molecular weight excluding hydrogens is 285 g/mol. The first-order valence-electron chi connectivity index (χ1n) is 5.76. The van der Waals surface area contributed by atoms with Crippen LogP contribution in [0.15, 0.2) is 18.2 Å². The molecule has 1 aromatic carbocycles. The van der Waals surface area contributed by atoms with Crippen LogP contribution in [-0.2, 0) is 4.79 Å². The van der Waals surface area contributed by atoms with Crippen LogP contribution >= 0.6 is 0 Å². The molecule has 0 aliphatic heterocycles. The van der Waals surface area contributed by atoms with Crippen LogP contribution in [0.1, 0.15) is 18.1 Å². The molecule has 0 bridgehead atoms. The Morgan fingerprint density at radius 2 is 1.90 bits per heavy atom. The highest BCUT2D eigenvalue weighted by molar-refractivity contribution is 5.83. The van der Waals surface area contributed by atoms with Gasteiger partial charge in [-0.15, -0.1) is 0 Å². The zero-order chi connectivity index (χ0) is 16.2. The fourth-order valence-electron chi connectivity index (χ4n) is 1.70. The van der Waals surface area contributed by atoms with Crippen LogP contribution < -0.4 is 10.6 Å². The number of carbonyl (C=O) groups is 1. The summed E-state index contributed by atoms with van der Waals surface area (Å²) in [5, 5.41) is 17.7. The van der Waals surface area contributed by atoms with Crippen molar-refractivity contribution in [3.8, 4) is 12.1 Å². The summed E-state index contributed by atoms with van der Waals surface area (Å²) in [5.74, 6) is -0.929. The Morgan fingerprint density at radius 1 is 1.33 bits per heavy atom. The topological polar surface area (TPSA) is 93.9 Å². The average molecular weight is 296 g/mol. The molecule has 0 spiro atoms. The normalized spacial score (nSPS) is 12.1. The number of hydrogen-bond donors (Lipinski definition) is 1. The molecule has 0 aromatic heterocycles. The molecule has 0 radical (unpaired) electrons. The maximum absolute atomic E-state index is 12.6. The zero-order valence-electron chi connectivity index (χ0n) is 11.0.